The molecule has 1 heterocycles. The lowest BCUT2D eigenvalue weighted by Crippen LogP contribution is -2.64. The third-order valence-electron chi connectivity index (χ3n) is 4.94. The fourth-order valence-electron chi connectivity index (χ4n) is 3.53. The molecule has 2 fully saturated rings. The van der Waals surface area contributed by atoms with Gasteiger partial charge in [0.15, 0.2) is 0 Å². The Bertz CT molecular complexity index is 408. The lowest BCUT2D eigenvalue weighted by Gasteiger charge is -2.55. The van der Waals surface area contributed by atoms with Crippen molar-refractivity contribution in [2.24, 2.45) is 5.41 Å². The summed E-state index contributed by atoms with van der Waals surface area (Å²) in [5, 5.41) is 2.86. The standard InChI is InChI=1S/C16H28N2O3/c1-5-7-11-15(20)18(9-8-14(19)17-11)12-10-13(21-6-2)16(12,3)4/h11-13H,5-10H2,1-4H3,(H,17,19). The van der Waals surface area contributed by atoms with Crippen LogP contribution in [-0.2, 0) is 14.3 Å². The number of nitrogens with one attached hydrogen (secondary N) is 1. The second-order valence-electron chi connectivity index (χ2n) is 6.71. The van der Waals surface area contributed by atoms with Gasteiger partial charge in [-0.3, -0.25) is 9.59 Å². The van der Waals surface area contributed by atoms with Crippen LogP contribution in [-0.4, -0.2) is 48.1 Å². The van der Waals surface area contributed by atoms with Gasteiger partial charge in [0.2, 0.25) is 11.8 Å². The summed E-state index contributed by atoms with van der Waals surface area (Å²) in [4.78, 5) is 26.5. The number of ether oxygens (including phenoxy) is 1. The average Bonchev–Trinajstić information content (AvgIpc) is 2.56. The van der Waals surface area contributed by atoms with E-state index in [-0.39, 0.29) is 35.4 Å². The molecule has 2 amide bonds. The summed E-state index contributed by atoms with van der Waals surface area (Å²) in [6, 6.07) is -0.180. The summed E-state index contributed by atoms with van der Waals surface area (Å²) in [6.45, 7) is 9.58. The third-order valence-corrected chi connectivity index (χ3v) is 4.94. The average molecular weight is 296 g/mol. The van der Waals surface area contributed by atoms with E-state index in [0.717, 1.165) is 12.8 Å². The van der Waals surface area contributed by atoms with Gasteiger partial charge in [0, 0.05) is 31.0 Å². The first kappa shape index (κ1) is 16.3. The molecular formula is C16H28N2O3. The maximum absolute atomic E-state index is 12.7. The highest BCUT2D eigenvalue weighted by Gasteiger charge is 2.53. The topological polar surface area (TPSA) is 58.6 Å². The minimum Gasteiger partial charge on any atom is -0.378 e. The highest BCUT2D eigenvalue weighted by Crippen LogP contribution is 2.46. The molecule has 3 unspecified atom stereocenters. The molecule has 1 saturated carbocycles. The molecule has 0 radical (unpaired) electrons. The Hall–Kier alpha value is -1.10. The molecule has 1 N–H and O–H groups in total. The van der Waals surface area contributed by atoms with Gasteiger partial charge >= 0.3 is 0 Å². The molecule has 5 heteroatoms. The molecule has 120 valence electrons. The van der Waals surface area contributed by atoms with Crippen LogP contribution in [0, 0.1) is 5.41 Å². The zero-order valence-electron chi connectivity index (χ0n) is 13.6. The lowest BCUT2D eigenvalue weighted by molar-refractivity contribution is -0.167. The third kappa shape index (κ3) is 3.07. The van der Waals surface area contributed by atoms with Crippen LogP contribution < -0.4 is 5.32 Å². The van der Waals surface area contributed by atoms with Crippen molar-refractivity contribution < 1.29 is 14.3 Å². The number of amides is 2. The van der Waals surface area contributed by atoms with E-state index in [1.807, 2.05) is 18.7 Å². The molecule has 0 aromatic carbocycles. The fourth-order valence-corrected chi connectivity index (χ4v) is 3.53. The number of rotatable bonds is 5. The van der Waals surface area contributed by atoms with Gasteiger partial charge in [0.1, 0.15) is 6.04 Å². The molecule has 3 atom stereocenters. The first-order valence-electron chi connectivity index (χ1n) is 8.13. The summed E-state index contributed by atoms with van der Waals surface area (Å²) in [5.74, 6) is 0.0681. The zero-order chi connectivity index (χ0) is 15.6. The molecule has 2 aliphatic rings. The van der Waals surface area contributed by atoms with Crippen LogP contribution in [0.1, 0.15) is 53.4 Å². The van der Waals surface area contributed by atoms with Gasteiger partial charge in [-0.05, 0) is 19.8 Å². The summed E-state index contributed by atoms with van der Waals surface area (Å²) < 4.78 is 5.76. The Balaban J connectivity index is 2.11. The van der Waals surface area contributed by atoms with Crippen LogP contribution in [0.25, 0.3) is 0 Å². The van der Waals surface area contributed by atoms with E-state index in [2.05, 4.69) is 19.2 Å². The molecule has 5 nitrogen and oxygen atoms in total. The molecule has 21 heavy (non-hydrogen) atoms. The van der Waals surface area contributed by atoms with Gasteiger partial charge in [-0.15, -0.1) is 0 Å². The molecule has 0 spiro atoms. The van der Waals surface area contributed by atoms with Crippen LogP contribution in [0.2, 0.25) is 0 Å². The van der Waals surface area contributed by atoms with E-state index >= 15 is 0 Å². The first-order valence-corrected chi connectivity index (χ1v) is 8.13. The summed E-state index contributed by atoms with van der Waals surface area (Å²) in [6.07, 6.45) is 3.08. The van der Waals surface area contributed by atoms with Crippen molar-refractivity contribution in [1.82, 2.24) is 10.2 Å². The smallest absolute Gasteiger partial charge is 0.245 e. The van der Waals surface area contributed by atoms with Crippen molar-refractivity contribution in [3.8, 4) is 0 Å². The Morgan fingerprint density at radius 3 is 2.62 bits per heavy atom. The van der Waals surface area contributed by atoms with Crippen molar-refractivity contribution >= 4 is 11.8 Å². The van der Waals surface area contributed by atoms with E-state index in [4.69, 9.17) is 4.74 Å². The van der Waals surface area contributed by atoms with Crippen LogP contribution in [0.5, 0.6) is 0 Å². The minimum atomic E-state index is -0.355. The van der Waals surface area contributed by atoms with Crippen LogP contribution in [0.15, 0.2) is 0 Å². The second kappa shape index (κ2) is 6.34. The van der Waals surface area contributed by atoms with Crippen LogP contribution in [0.3, 0.4) is 0 Å². The van der Waals surface area contributed by atoms with E-state index in [1.54, 1.807) is 0 Å². The van der Waals surface area contributed by atoms with Gasteiger partial charge in [0.25, 0.3) is 0 Å². The van der Waals surface area contributed by atoms with Crippen LogP contribution in [0.4, 0.5) is 0 Å². The zero-order valence-corrected chi connectivity index (χ0v) is 13.6. The summed E-state index contributed by atoms with van der Waals surface area (Å²) in [5.41, 5.74) is -0.0458. The van der Waals surface area contributed by atoms with Crippen molar-refractivity contribution in [2.75, 3.05) is 13.2 Å². The number of carbonyl (C=O) groups is 2. The maximum Gasteiger partial charge on any atom is 0.245 e. The fraction of sp³-hybridized carbons (Fsp3) is 0.875. The normalized spacial score (nSPS) is 32.4. The van der Waals surface area contributed by atoms with E-state index < -0.39 is 0 Å². The lowest BCUT2D eigenvalue weighted by atomic mass is 9.63. The Morgan fingerprint density at radius 1 is 1.33 bits per heavy atom. The Labute approximate surface area is 127 Å². The van der Waals surface area contributed by atoms with Crippen molar-refractivity contribution in [3.63, 3.8) is 0 Å². The van der Waals surface area contributed by atoms with Gasteiger partial charge in [-0.1, -0.05) is 27.2 Å². The van der Waals surface area contributed by atoms with Crippen LogP contribution >= 0.6 is 0 Å². The molecular weight excluding hydrogens is 268 g/mol. The largest absolute Gasteiger partial charge is 0.378 e. The van der Waals surface area contributed by atoms with Crippen molar-refractivity contribution in [2.45, 2.75) is 71.6 Å². The molecule has 1 saturated heterocycles. The maximum atomic E-state index is 12.7. The molecule has 2 rings (SSSR count). The van der Waals surface area contributed by atoms with E-state index in [1.165, 1.54) is 0 Å². The van der Waals surface area contributed by atoms with Crippen molar-refractivity contribution in [1.29, 1.82) is 0 Å². The summed E-state index contributed by atoms with van der Waals surface area (Å²) >= 11 is 0. The number of hydrogen-bond donors (Lipinski definition) is 1. The molecule has 1 aliphatic carbocycles. The van der Waals surface area contributed by atoms with Gasteiger partial charge in [0.05, 0.1) is 6.10 Å². The van der Waals surface area contributed by atoms with Crippen molar-refractivity contribution in [3.05, 3.63) is 0 Å². The number of nitrogens with zero attached hydrogens (tertiary/aromatic N) is 1. The van der Waals surface area contributed by atoms with Gasteiger partial charge in [-0.2, -0.15) is 0 Å². The number of carbonyl (C=O) groups excluding carboxylic acids is 2. The predicted octanol–water partition coefficient (Wildman–Crippen LogP) is 1.71. The molecule has 0 bridgehead atoms. The Morgan fingerprint density at radius 2 is 2.05 bits per heavy atom. The minimum absolute atomic E-state index is 0.0113. The monoisotopic (exact) mass is 296 g/mol. The highest BCUT2D eigenvalue weighted by atomic mass is 16.5. The Kier molecular flexibility index (Phi) is 4.91. The van der Waals surface area contributed by atoms with E-state index in [9.17, 15) is 9.59 Å². The number of hydrogen-bond acceptors (Lipinski definition) is 3. The predicted molar refractivity (Wildman–Crippen MR) is 80.8 cm³/mol. The van der Waals surface area contributed by atoms with E-state index in [0.29, 0.717) is 26.0 Å². The second-order valence-corrected chi connectivity index (χ2v) is 6.71. The molecule has 0 aromatic rings. The molecule has 1 aliphatic heterocycles. The SMILES string of the molecule is CCCC1NC(=O)CCN(C2CC(OCC)C2(C)C)C1=O. The highest BCUT2D eigenvalue weighted by molar-refractivity contribution is 5.90. The molecule has 0 aromatic heterocycles. The first-order chi connectivity index (χ1) is 9.91. The van der Waals surface area contributed by atoms with Gasteiger partial charge < -0.3 is 15.0 Å². The summed E-state index contributed by atoms with van der Waals surface area (Å²) in [7, 11) is 0. The quantitative estimate of drug-likeness (QED) is 0.840. The van der Waals surface area contributed by atoms with Gasteiger partial charge in [-0.25, -0.2) is 0 Å².